The molecule has 0 aliphatic heterocycles. The van der Waals surface area contributed by atoms with Crippen LogP contribution in [-0.2, 0) is 19.1 Å². The summed E-state index contributed by atoms with van der Waals surface area (Å²) in [5, 5.41) is 0. The Morgan fingerprint density at radius 3 is 1.84 bits per heavy atom. The number of hydrogen-bond donors (Lipinski definition) is 0. The average Bonchev–Trinajstić information content (AvgIpc) is 2.25. The molecule has 4 heteroatoms. The Morgan fingerprint density at radius 1 is 1.00 bits per heavy atom. The molecule has 0 aromatic rings. The minimum atomic E-state index is -0.220. The molecule has 0 N–H and O–H groups in total. The molecule has 0 aromatic carbocycles. The van der Waals surface area contributed by atoms with Crippen molar-refractivity contribution in [2.75, 3.05) is 13.2 Å². The van der Waals surface area contributed by atoms with E-state index >= 15 is 0 Å². The van der Waals surface area contributed by atoms with Crippen LogP contribution in [0.5, 0.6) is 0 Å². The Morgan fingerprint density at radius 2 is 1.47 bits per heavy atom. The summed E-state index contributed by atoms with van der Waals surface area (Å²) in [7, 11) is 0. The molecular weight excluding hydrogens is 244 g/mol. The molecule has 0 heterocycles. The SMILES string of the molecule is CCC(=O)OCC(COC(=O)CC(C)C)C(C)(C)C. The van der Waals surface area contributed by atoms with Crippen LogP contribution in [0.2, 0.25) is 0 Å². The van der Waals surface area contributed by atoms with Crippen molar-refractivity contribution in [3.05, 3.63) is 0 Å². The van der Waals surface area contributed by atoms with Crippen LogP contribution in [0.1, 0.15) is 54.4 Å². The normalized spacial score (nSPS) is 13.2. The van der Waals surface area contributed by atoms with Gasteiger partial charge in [-0.3, -0.25) is 9.59 Å². The quantitative estimate of drug-likeness (QED) is 0.668. The number of carbonyl (C=O) groups excluding carboxylic acids is 2. The topological polar surface area (TPSA) is 52.6 Å². The van der Waals surface area contributed by atoms with E-state index in [-0.39, 0.29) is 23.3 Å². The first-order valence-electron chi connectivity index (χ1n) is 6.98. The third kappa shape index (κ3) is 8.62. The molecule has 0 bridgehead atoms. The fourth-order valence-corrected chi connectivity index (χ4v) is 1.43. The lowest BCUT2D eigenvalue weighted by Gasteiger charge is -2.29. The number of ether oxygens (including phenoxy) is 2. The van der Waals surface area contributed by atoms with Crippen molar-refractivity contribution >= 4 is 11.9 Å². The Labute approximate surface area is 116 Å². The van der Waals surface area contributed by atoms with E-state index in [1.54, 1.807) is 6.92 Å². The molecule has 1 unspecified atom stereocenters. The first-order chi connectivity index (χ1) is 8.66. The molecule has 4 nitrogen and oxygen atoms in total. The Kier molecular flexibility index (Phi) is 7.72. The summed E-state index contributed by atoms with van der Waals surface area (Å²) in [6, 6.07) is 0. The Balaban J connectivity index is 4.29. The zero-order chi connectivity index (χ0) is 15.1. The van der Waals surface area contributed by atoms with E-state index in [4.69, 9.17) is 9.47 Å². The van der Waals surface area contributed by atoms with Crippen molar-refractivity contribution in [1.29, 1.82) is 0 Å². The van der Waals surface area contributed by atoms with E-state index in [0.29, 0.717) is 32.0 Å². The van der Waals surface area contributed by atoms with Gasteiger partial charge in [-0.05, 0) is 11.3 Å². The highest BCUT2D eigenvalue weighted by atomic mass is 16.5. The van der Waals surface area contributed by atoms with Gasteiger partial charge in [-0.2, -0.15) is 0 Å². The number of rotatable bonds is 7. The molecule has 0 fully saturated rings. The maximum atomic E-state index is 11.5. The van der Waals surface area contributed by atoms with Crippen LogP contribution in [0.3, 0.4) is 0 Å². The molecule has 0 amide bonds. The molecule has 112 valence electrons. The largest absolute Gasteiger partial charge is 0.465 e. The molecular formula is C15H28O4. The predicted octanol–water partition coefficient (Wildman–Crippen LogP) is 3.19. The maximum Gasteiger partial charge on any atom is 0.306 e. The molecule has 0 saturated carbocycles. The van der Waals surface area contributed by atoms with Crippen LogP contribution in [0.15, 0.2) is 0 Å². The van der Waals surface area contributed by atoms with Gasteiger partial charge in [0.25, 0.3) is 0 Å². The lowest BCUT2D eigenvalue weighted by Crippen LogP contribution is -2.31. The Bertz CT molecular complexity index is 289. The third-order valence-corrected chi connectivity index (χ3v) is 2.98. The highest BCUT2D eigenvalue weighted by Gasteiger charge is 2.27. The second-order valence-corrected chi connectivity index (χ2v) is 6.38. The van der Waals surface area contributed by atoms with E-state index in [1.165, 1.54) is 0 Å². The van der Waals surface area contributed by atoms with Gasteiger partial charge >= 0.3 is 11.9 Å². The van der Waals surface area contributed by atoms with E-state index in [2.05, 4.69) is 0 Å². The molecule has 0 aromatic heterocycles. The minimum Gasteiger partial charge on any atom is -0.465 e. The van der Waals surface area contributed by atoms with Crippen LogP contribution < -0.4 is 0 Å². The highest BCUT2D eigenvalue weighted by Crippen LogP contribution is 2.26. The second kappa shape index (κ2) is 8.18. The minimum absolute atomic E-state index is 0.0131. The van der Waals surface area contributed by atoms with Crippen LogP contribution in [0, 0.1) is 17.3 Å². The fraction of sp³-hybridized carbons (Fsp3) is 0.867. The van der Waals surface area contributed by atoms with Crippen LogP contribution >= 0.6 is 0 Å². The smallest absolute Gasteiger partial charge is 0.306 e. The van der Waals surface area contributed by atoms with Gasteiger partial charge in [-0.1, -0.05) is 41.5 Å². The summed E-state index contributed by atoms with van der Waals surface area (Å²) in [6.07, 6.45) is 0.787. The van der Waals surface area contributed by atoms with E-state index in [0.717, 1.165) is 0 Å². The van der Waals surface area contributed by atoms with Crippen molar-refractivity contribution in [1.82, 2.24) is 0 Å². The summed E-state index contributed by atoms with van der Waals surface area (Å²) in [4.78, 5) is 22.7. The summed E-state index contributed by atoms with van der Waals surface area (Å²) in [6.45, 7) is 12.5. The molecule has 19 heavy (non-hydrogen) atoms. The molecule has 0 aliphatic carbocycles. The van der Waals surface area contributed by atoms with Crippen LogP contribution in [0.4, 0.5) is 0 Å². The molecule has 0 saturated heterocycles. The van der Waals surface area contributed by atoms with E-state index in [1.807, 2.05) is 34.6 Å². The average molecular weight is 272 g/mol. The zero-order valence-corrected chi connectivity index (χ0v) is 13.1. The van der Waals surface area contributed by atoms with Gasteiger partial charge in [0.2, 0.25) is 0 Å². The maximum absolute atomic E-state index is 11.5. The van der Waals surface area contributed by atoms with E-state index in [9.17, 15) is 9.59 Å². The number of esters is 2. The van der Waals surface area contributed by atoms with Crippen molar-refractivity contribution in [3.8, 4) is 0 Å². The lowest BCUT2D eigenvalue weighted by molar-refractivity contribution is -0.151. The zero-order valence-electron chi connectivity index (χ0n) is 13.1. The van der Waals surface area contributed by atoms with Gasteiger partial charge in [-0.25, -0.2) is 0 Å². The van der Waals surface area contributed by atoms with E-state index < -0.39 is 0 Å². The second-order valence-electron chi connectivity index (χ2n) is 6.38. The van der Waals surface area contributed by atoms with Gasteiger partial charge < -0.3 is 9.47 Å². The van der Waals surface area contributed by atoms with Crippen molar-refractivity contribution in [2.24, 2.45) is 17.3 Å². The number of carbonyl (C=O) groups is 2. The van der Waals surface area contributed by atoms with Gasteiger partial charge in [0.1, 0.15) is 0 Å². The van der Waals surface area contributed by atoms with Crippen molar-refractivity contribution < 1.29 is 19.1 Å². The van der Waals surface area contributed by atoms with Gasteiger partial charge in [0.05, 0.1) is 13.2 Å². The third-order valence-electron chi connectivity index (χ3n) is 2.98. The molecule has 0 aliphatic rings. The predicted molar refractivity (Wildman–Crippen MR) is 74.6 cm³/mol. The van der Waals surface area contributed by atoms with Crippen LogP contribution in [0.25, 0.3) is 0 Å². The van der Waals surface area contributed by atoms with Crippen molar-refractivity contribution in [3.63, 3.8) is 0 Å². The summed E-state index contributed by atoms with van der Waals surface area (Å²) < 4.78 is 10.4. The lowest BCUT2D eigenvalue weighted by atomic mass is 9.82. The molecule has 0 spiro atoms. The van der Waals surface area contributed by atoms with Gasteiger partial charge in [-0.15, -0.1) is 0 Å². The highest BCUT2D eigenvalue weighted by molar-refractivity contribution is 5.69. The van der Waals surface area contributed by atoms with Crippen LogP contribution in [-0.4, -0.2) is 25.2 Å². The first kappa shape index (κ1) is 17.9. The summed E-state index contributed by atoms with van der Waals surface area (Å²) in [5.41, 5.74) is -0.0772. The molecule has 0 radical (unpaired) electrons. The summed E-state index contributed by atoms with van der Waals surface area (Å²) >= 11 is 0. The molecule has 1 atom stereocenters. The first-order valence-corrected chi connectivity index (χ1v) is 6.98. The fourth-order valence-electron chi connectivity index (χ4n) is 1.43. The monoisotopic (exact) mass is 272 g/mol. The van der Waals surface area contributed by atoms with Crippen molar-refractivity contribution in [2.45, 2.75) is 54.4 Å². The Hall–Kier alpha value is -1.06. The standard InChI is InChI=1S/C15H28O4/c1-7-13(16)18-9-12(15(4,5)6)10-19-14(17)8-11(2)3/h11-12H,7-10H2,1-6H3. The molecule has 0 rings (SSSR count). The van der Waals surface area contributed by atoms with Gasteiger partial charge in [0.15, 0.2) is 0 Å². The van der Waals surface area contributed by atoms with Gasteiger partial charge in [0, 0.05) is 18.8 Å². The summed E-state index contributed by atoms with van der Waals surface area (Å²) in [5.74, 6) is -0.105. The number of hydrogen-bond acceptors (Lipinski definition) is 4.